The maximum absolute atomic E-state index is 13.5. The minimum Gasteiger partial charge on any atom is -0.493 e. The Balaban J connectivity index is 1.46. The molecule has 2 heterocycles. The molecular weight excluding hydrogens is 486 g/mol. The highest BCUT2D eigenvalue weighted by Gasteiger charge is 2.41. The van der Waals surface area contributed by atoms with Gasteiger partial charge in [0.05, 0.1) is 12.5 Å². The number of piperazine rings is 1. The lowest BCUT2D eigenvalue weighted by Crippen LogP contribution is -2.51. The molecule has 2 fully saturated rings. The molecule has 0 aromatic heterocycles. The highest BCUT2D eigenvalue weighted by Crippen LogP contribution is 2.38. The Morgan fingerprint density at radius 2 is 1.65 bits per heavy atom. The van der Waals surface area contributed by atoms with Crippen molar-refractivity contribution in [1.29, 1.82) is 0 Å². The lowest BCUT2D eigenvalue weighted by Gasteiger charge is -2.43. The fourth-order valence-corrected chi connectivity index (χ4v) is 5.58. The Bertz CT molecular complexity index is 1060. The maximum Gasteiger partial charge on any atom is 0.230 e. The Morgan fingerprint density at radius 1 is 0.973 bits per heavy atom. The van der Waals surface area contributed by atoms with Gasteiger partial charge in [0, 0.05) is 56.1 Å². The van der Waals surface area contributed by atoms with Gasteiger partial charge in [-0.15, -0.1) is 0 Å². The molecule has 7 heteroatoms. The summed E-state index contributed by atoms with van der Waals surface area (Å²) in [4.78, 5) is 33.1. The van der Waals surface area contributed by atoms with Gasteiger partial charge < -0.3 is 19.4 Å². The Kier molecular flexibility index (Phi) is 9.14. The van der Waals surface area contributed by atoms with E-state index in [0.717, 1.165) is 62.3 Å². The number of likely N-dealkylation sites (N-methyl/N-ethyl adjacent to an activating group) is 1. The number of hydrogen-bond acceptors (Lipinski definition) is 4. The molecule has 0 radical (unpaired) electrons. The smallest absolute Gasteiger partial charge is 0.230 e. The minimum absolute atomic E-state index is 0.131. The number of carbonyl (C=O) groups excluding carboxylic acids is 2. The summed E-state index contributed by atoms with van der Waals surface area (Å²) in [6, 6.07) is 15.7. The van der Waals surface area contributed by atoms with Crippen LogP contribution < -0.4 is 4.74 Å². The summed E-state index contributed by atoms with van der Waals surface area (Å²) in [5.41, 5.74) is 1.73. The van der Waals surface area contributed by atoms with Crippen LogP contribution in [0.1, 0.15) is 49.7 Å². The fraction of sp³-hybridized carbons (Fsp3) is 0.533. The molecule has 2 aromatic carbocycles. The van der Waals surface area contributed by atoms with E-state index in [0.29, 0.717) is 31.1 Å². The number of benzene rings is 2. The molecule has 0 saturated carbocycles. The first-order valence-corrected chi connectivity index (χ1v) is 13.9. The number of hydrogen-bond donors (Lipinski definition) is 0. The van der Waals surface area contributed by atoms with Crippen molar-refractivity contribution in [2.75, 3.05) is 52.9 Å². The maximum atomic E-state index is 13.5. The first kappa shape index (κ1) is 27.5. The first-order valence-electron chi connectivity index (χ1n) is 13.5. The number of halogens is 1. The van der Waals surface area contributed by atoms with Crippen molar-refractivity contribution in [2.24, 2.45) is 5.41 Å². The van der Waals surface area contributed by atoms with Crippen molar-refractivity contribution in [2.45, 2.75) is 45.4 Å². The SMILES string of the molecule is CCC(C(=O)N1CCC(COc2ccc(Cl)c(C)c2)(CC(=O)N2CCN(C)CC2)CC1)c1ccccc1. The van der Waals surface area contributed by atoms with E-state index in [2.05, 4.69) is 18.9 Å². The molecule has 2 amide bonds. The second-order valence-corrected chi connectivity index (χ2v) is 11.2. The monoisotopic (exact) mass is 525 g/mol. The fourth-order valence-electron chi connectivity index (χ4n) is 5.46. The number of piperidine rings is 1. The predicted molar refractivity (Wildman–Crippen MR) is 148 cm³/mol. The average molecular weight is 526 g/mol. The van der Waals surface area contributed by atoms with E-state index in [1.54, 1.807) is 0 Å². The quantitative estimate of drug-likeness (QED) is 0.487. The van der Waals surface area contributed by atoms with Gasteiger partial charge in [-0.3, -0.25) is 9.59 Å². The summed E-state index contributed by atoms with van der Waals surface area (Å²) in [6.45, 7) is 9.10. The molecule has 0 bridgehead atoms. The largest absolute Gasteiger partial charge is 0.493 e. The number of amides is 2. The summed E-state index contributed by atoms with van der Waals surface area (Å²) < 4.78 is 6.28. The third kappa shape index (κ3) is 6.85. The molecule has 6 nitrogen and oxygen atoms in total. The van der Waals surface area contributed by atoms with E-state index < -0.39 is 0 Å². The Morgan fingerprint density at radius 3 is 2.27 bits per heavy atom. The molecule has 0 aliphatic carbocycles. The van der Waals surface area contributed by atoms with Crippen LogP contribution >= 0.6 is 11.6 Å². The molecular formula is C30H40ClN3O3. The zero-order valence-electron chi connectivity index (χ0n) is 22.4. The molecule has 4 rings (SSSR count). The van der Waals surface area contributed by atoms with E-state index in [4.69, 9.17) is 16.3 Å². The van der Waals surface area contributed by atoms with Gasteiger partial charge in [-0.05, 0) is 62.6 Å². The molecule has 2 saturated heterocycles. The molecule has 0 spiro atoms. The number of likely N-dealkylation sites (tertiary alicyclic amines) is 1. The molecule has 200 valence electrons. The summed E-state index contributed by atoms with van der Waals surface area (Å²) >= 11 is 6.20. The van der Waals surface area contributed by atoms with Crippen LogP contribution in [0.2, 0.25) is 5.02 Å². The van der Waals surface area contributed by atoms with Gasteiger partial charge in [0.25, 0.3) is 0 Å². The van der Waals surface area contributed by atoms with Gasteiger partial charge in [0.15, 0.2) is 0 Å². The third-order valence-corrected chi connectivity index (χ3v) is 8.52. The topological polar surface area (TPSA) is 53.1 Å². The lowest BCUT2D eigenvalue weighted by molar-refractivity contribution is -0.139. The van der Waals surface area contributed by atoms with Crippen molar-refractivity contribution < 1.29 is 14.3 Å². The molecule has 2 aliphatic rings. The van der Waals surface area contributed by atoms with Gasteiger partial charge in [0.1, 0.15) is 5.75 Å². The van der Waals surface area contributed by atoms with Crippen LogP contribution in [0.4, 0.5) is 0 Å². The first-order chi connectivity index (χ1) is 17.8. The van der Waals surface area contributed by atoms with Crippen molar-refractivity contribution in [3.63, 3.8) is 0 Å². The highest BCUT2D eigenvalue weighted by molar-refractivity contribution is 6.31. The summed E-state index contributed by atoms with van der Waals surface area (Å²) in [6.07, 6.45) is 2.71. The molecule has 37 heavy (non-hydrogen) atoms. The number of aryl methyl sites for hydroxylation is 1. The van der Waals surface area contributed by atoms with Crippen LogP contribution in [0, 0.1) is 12.3 Å². The van der Waals surface area contributed by atoms with Gasteiger partial charge in [-0.1, -0.05) is 48.9 Å². The van der Waals surface area contributed by atoms with E-state index >= 15 is 0 Å². The van der Waals surface area contributed by atoms with Crippen LogP contribution in [0.5, 0.6) is 5.75 Å². The van der Waals surface area contributed by atoms with Gasteiger partial charge >= 0.3 is 0 Å². The zero-order chi connectivity index (χ0) is 26.4. The minimum atomic E-state index is -0.306. The number of rotatable bonds is 8. The number of nitrogens with zero attached hydrogens (tertiary/aromatic N) is 3. The Labute approximate surface area is 226 Å². The standard InChI is InChI=1S/C30H40ClN3O3/c1-4-26(24-8-6-5-7-9-24)29(36)34-14-12-30(13-15-34,21-28(35)33-18-16-32(3)17-19-33)22-37-25-10-11-27(31)23(2)20-25/h5-11,20,26H,4,12-19,21-22H2,1-3H3. The molecule has 2 aromatic rings. The van der Waals surface area contributed by atoms with E-state index in [-0.39, 0.29) is 23.1 Å². The normalized spacial score (nSPS) is 18.9. The summed E-state index contributed by atoms with van der Waals surface area (Å²) in [5, 5.41) is 0.711. The van der Waals surface area contributed by atoms with Gasteiger partial charge in [-0.2, -0.15) is 0 Å². The molecule has 2 aliphatic heterocycles. The van der Waals surface area contributed by atoms with Crippen molar-refractivity contribution in [3.8, 4) is 5.75 Å². The lowest BCUT2D eigenvalue weighted by atomic mass is 9.75. The number of ether oxygens (including phenoxy) is 1. The van der Waals surface area contributed by atoms with Crippen LogP contribution in [0.3, 0.4) is 0 Å². The molecule has 1 atom stereocenters. The van der Waals surface area contributed by atoms with Crippen molar-refractivity contribution in [3.05, 3.63) is 64.7 Å². The van der Waals surface area contributed by atoms with Crippen LogP contribution in [0.25, 0.3) is 0 Å². The Hall–Kier alpha value is -2.57. The van der Waals surface area contributed by atoms with E-state index in [9.17, 15) is 9.59 Å². The highest BCUT2D eigenvalue weighted by atomic mass is 35.5. The van der Waals surface area contributed by atoms with Crippen molar-refractivity contribution >= 4 is 23.4 Å². The third-order valence-electron chi connectivity index (χ3n) is 8.10. The number of carbonyl (C=O) groups is 2. The van der Waals surface area contributed by atoms with Gasteiger partial charge in [0.2, 0.25) is 11.8 Å². The second kappa shape index (κ2) is 12.3. The summed E-state index contributed by atoms with van der Waals surface area (Å²) in [5.74, 6) is 1.01. The van der Waals surface area contributed by atoms with E-state index in [1.165, 1.54) is 0 Å². The average Bonchev–Trinajstić information content (AvgIpc) is 2.91. The molecule has 1 unspecified atom stereocenters. The van der Waals surface area contributed by atoms with Crippen LogP contribution in [0.15, 0.2) is 48.5 Å². The van der Waals surface area contributed by atoms with Crippen LogP contribution in [-0.4, -0.2) is 79.4 Å². The van der Waals surface area contributed by atoms with Crippen molar-refractivity contribution in [1.82, 2.24) is 14.7 Å². The van der Waals surface area contributed by atoms with Gasteiger partial charge in [-0.25, -0.2) is 0 Å². The van der Waals surface area contributed by atoms with Crippen LogP contribution in [-0.2, 0) is 9.59 Å². The molecule has 0 N–H and O–H groups in total. The second-order valence-electron chi connectivity index (χ2n) is 10.8. The summed E-state index contributed by atoms with van der Waals surface area (Å²) in [7, 11) is 2.09. The predicted octanol–water partition coefficient (Wildman–Crippen LogP) is 4.99. The van der Waals surface area contributed by atoms with E-state index in [1.807, 2.05) is 65.3 Å². The zero-order valence-corrected chi connectivity index (χ0v) is 23.2.